The lowest BCUT2D eigenvalue weighted by Crippen LogP contribution is -2.41. The Labute approximate surface area is 124 Å². The van der Waals surface area contributed by atoms with E-state index < -0.39 is 0 Å². The zero-order chi connectivity index (χ0) is 13.7. The van der Waals surface area contributed by atoms with Gasteiger partial charge in [0.2, 0.25) is 5.91 Å². The van der Waals surface area contributed by atoms with Gasteiger partial charge in [0.15, 0.2) is 0 Å². The van der Waals surface area contributed by atoms with E-state index >= 15 is 0 Å². The van der Waals surface area contributed by atoms with Crippen molar-refractivity contribution < 1.29 is 4.79 Å². The van der Waals surface area contributed by atoms with Crippen molar-refractivity contribution in [2.75, 3.05) is 0 Å². The molecule has 0 bridgehead atoms. The monoisotopic (exact) mass is 323 g/mol. The third-order valence-electron chi connectivity index (χ3n) is 3.89. The molecule has 1 aromatic rings. The Morgan fingerprint density at radius 1 is 1.26 bits per heavy atom. The van der Waals surface area contributed by atoms with E-state index in [1.54, 1.807) is 0 Å². The second-order valence-electron chi connectivity index (χ2n) is 5.43. The van der Waals surface area contributed by atoms with Crippen LogP contribution in [0.15, 0.2) is 24.3 Å². The molecule has 0 aromatic heterocycles. The molecule has 2 unspecified atom stereocenters. The van der Waals surface area contributed by atoms with Crippen molar-refractivity contribution in [2.45, 2.75) is 56.3 Å². The molecule has 2 atom stereocenters. The van der Waals surface area contributed by atoms with E-state index in [9.17, 15) is 4.79 Å². The van der Waals surface area contributed by atoms with Crippen LogP contribution >= 0.6 is 15.9 Å². The Balaban J connectivity index is 1.92. The summed E-state index contributed by atoms with van der Waals surface area (Å²) in [4.78, 5) is 12.6. The molecule has 1 fully saturated rings. The Kier molecular flexibility index (Phi) is 5.44. The largest absolute Gasteiger partial charge is 0.352 e. The van der Waals surface area contributed by atoms with Crippen LogP contribution in [0.25, 0.3) is 0 Å². The number of hydrogen-bond donors (Lipinski definition) is 1. The summed E-state index contributed by atoms with van der Waals surface area (Å²) >= 11 is 3.72. The van der Waals surface area contributed by atoms with Gasteiger partial charge in [-0.25, -0.2) is 0 Å². The summed E-state index contributed by atoms with van der Waals surface area (Å²) in [5.41, 5.74) is 2.31. The smallest absolute Gasteiger partial charge is 0.224 e. The number of carbonyl (C=O) groups is 1. The van der Waals surface area contributed by atoms with Gasteiger partial charge in [-0.2, -0.15) is 0 Å². The van der Waals surface area contributed by atoms with Gasteiger partial charge >= 0.3 is 0 Å². The highest BCUT2D eigenvalue weighted by Gasteiger charge is 2.22. The fourth-order valence-electron chi connectivity index (χ4n) is 2.66. The number of benzene rings is 1. The van der Waals surface area contributed by atoms with Gasteiger partial charge in [-0.3, -0.25) is 4.79 Å². The molecule has 1 aliphatic carbocycles. The van der Waals surface area contributed by atoms with Crippen molar-refractivity contribution in [3.63, 3.8) is 0 Å². The predicted octanol–water partition coefficient (Wildman–Crippen LogP) is 3.75. The van der Waals surface area contributed by atoms with Crippen LogP contribution in [-0.2, 0) is 11.2 Å². The van der Waals surface area contributed by atoms with E-state index in [-0.39, 0.29) is 5.91 Å². The minimum atomic E-state index is 0.144. The SMILES string of the molecule is Cc1ccccc1CC(=O)NC1CCCCCC1Br. The molecule has 1 N–H and O–H groups in total. The summed E-state index contributed by atoms with van der Waals surface area (Å²) in [6.07, 6.45) is 6.51. The van der Waals surface area contributed by atoms with E-state index in [0.717, 1.165) is 18.4 Å². The molecule has 1 saturated carbocycles. The van der Waals surface area contributed by atoms with Crippen LogP contribution in [0.4, 0.5) is 0 Å². The quantitative estimate of drug-likeness (QED) is 0.666. The number of nitrogens with one attached hydrogen (secondary N) is 1. The Morgan fingerprint density at radius 3 is 2.79 bits per heavy atom. The summed E-state index contributed by atoms with van der Waals surface area (Å²) in [5, 5.41) is 3.20. The van der Waals surface area contributed by atoms with Crippen molar-refractivity contribution >= 4 is 21.8 Å². The fraction of sp³-hybridized carbons (Fsp3) is 0.562. The van der Waals surface area contributed by atoms with Gasteiger partial charge in [0, 0.05) is 10.9 Å². The van der Waals surface area contributed by atoms with E-state index in [1.807, 2.05) is 18.2 Å². The summed E-state index contributed by atoms with van der Waals surface area (Å²) in [7, 11) is 0. The first-order valence-electron chi connectivity index (χ1n) is 7.15. The zero-order valence-electron chi connectivity index (χ0n) is 11.5. The molecule has 0 radical (unpaired) electrons. The molecule has 0 heterocycles. The Morgan fingerprint density at radius 2 is 2.00 bits per heavy atom. The number of alkyl halides is 1. The lowest BCUT2D eigenvalue weighted by molar-refractivity contribution is -0.121. The average Bonchev–Trinajstić information content (AvgIpc) is 2.58. The van der Waals surface area contributed by atoms with E-state index in [2.05, 4.69) is 34.2 Å². The number of hydrogen-bond acceptors (Lipinski definition) is 1. The maximum Gasteiger partial charge on any atom is 0.224 e. The Hall–Kier alpha value is -0.830. The van der Waals surface area contributed by atoms with Gasteiger partial charge in [-0.05, 0) is 30.9 Å². The number of halogens is 1. The van der Waals surface area contributed by atoms with Crippen LogP contribution in [0.5, 0.6) is 0 Å². The molecular weight excluding hydrogens is 302 g/mol. The first-order chi connectivity index (χ1) is 9.16. The highest BCUT2D eigenvalue weighted by molar-refractivity contribution is 9.09. The molecule has 2 rings (SSSR count). The highest BCUT2D eigenvalue weighted by Crippen LogP contribution is 2.23. The van der Waals surface area contributed by atoms with Crippen molar-refractivity contribution in [3.8, 4) is 0 Å². The van der Waals surface area contributed by atoms with Crippen LogP contribution in [0, 0.1) is 6.92 Å². The van der Waals surface area contributed by atoms with E-state index in [4.69, 9.17) is 0 Å². The summed E-state index contributed by atoms with van der Waals surface area (Å²) in [6.45, 7) is 2.06. The normalized spacial score (nSPS) is 23.7. The van der Waals surface area contributed by atoms with Crippen molar-refractivity contribution in [2.24, 2.45) is 0 Å². The molecule has 1 amide bonds. The van der Waals surface area contributed by atoms with Gasteiger partial charge in [-0.1, -0.05) is 59.5 Å². The number of rotatable bonds is 3. The minimum absolute atomic E-state index is 0.144. The standard InChI is InChI=1S/C16H22BrNO/c1-12-7-5-6-8-13(12)11-16(19)18-15-10-4-2-3-9-14(15)17/h5-8,14-15H,2-4,9-11H2,1H3,(H,18,19). The molecule has 19 heavy (non-hydrogen) atoms. The lowest BCUT2D eigenvalue weighted by atomic mass is 10.0. The number of amides is 1. The molecule has 0 spiro atoms. The van der Waals surface area contributed by atoms with E-state index in [0.29, 0.717) is 17.3 Å². The Bertz CT molecular complexity index is 433. The lowest BCUT2D eigenvalue weighted by Gasteiger charge is -2.21. The molecule has 1 aliphatic rings. The fourth-order valence-corrected chi connectivity index (χ4v) is 3.38. The molecule has 104 valence electrons. The van der Waals surface area contributed by atoms with Crippen LogP contribution < -0.4 is 5.32 Å². The van der Waals surface area contributed by atoms with Crippen LogP contribution in [-0.4, -0.2) is 16.8 Å². The van der Waals surface area contributed by atoms with Crippen molar-refractivity contribution in [3.05, 3.63) is 35.4 Å². The van der Waals surface area contributed by atoms with Gasteiger partial charge < -0.3 is 5.32 Å². The predicted molar refractivity (Wildman–Crippen MR) is 82.6 cm³/mol. The molecule has 1 aromatic carbocycles. The molecule has 2 nitrogen and oxygen atoms in total. The summed E-state index contributed by atoms with van der Waals surface area (Å²) < 4.78 is 0. The molecular formula is C16H22BrNO. The van der Waals surface area contributed by atoms with Gasteiger partial charge in [0.1, 0.15) is 0 Å². The van der Waals surface area contributed by atoms with Crippen LogP contribution in [0.3, 0.4) is 0 Å². The minimum Gasteiger partial charge on any atom is -0.352 e. The first kappa shape index (κ1) is 14.6. The summed E-state index contributed by atoms with van der Waals surface area (Å²) in [5.74, 6) is 0.144. The van der Waals surface area contributed by atoms with Crippen LogP contribution in [0.2, 0.25) is 0 Å². The topological polar surface area (TPSA) is 29.1 Å². The first-order valence-corrected chi connectivity index (χ1v) is 8.06. The van der Waals surface area contributed by atoms with Crippen molar-refractivity contribution in [1.82, 2.24) is 5.32 Å². The third-order valence-corrected chi connectivity index (χ3v) is 4.99. The average molecular weight is 324 g/mol. The van der Waals surface area contributed by atoms with E-state index in [1.165, 1.54) is 24.8 Å². The second-order valence-corrected chi connectivity index (χ2v) is 6.61. The summed E-state index contributed by atoms with van der Waals surface area (Å²) in [6, 6.07) is 8.39. The third kappa shape index (κ3) is 4.34. The van der Waals surface area contributed by atoms with Crippen LogP contribution in [0.1, 0.15) is 43.2 Å². The van der Waals surface area contributed by atoms with Gasteiger partial charge in [0.25, 0.3) is 0 Å². The van der Waals surface area contributed by atoms with Crippen molar-refractivity contribution in [1.29, 1.82) is 0 Å². The molecule has 3 heteroatoms. The molecule has 0 saturated heterocycles. The second kappa shape index (κ2) is 7.09. The maximum atomic E-state index is 12.2. The van der Waals surface area contributed by atoms with Gasteiger partial charge in [0.05, 0.1) is 6.42 Å². The zero-order valence-corrected chi connectivity index (χ0v) is 13.1. The maximum absolute atomic E-state index is 12.2. The highest BCUT2D eigenvalue weighted by atomic mass is 79.9. The number of aryl methyl sites for hydroxylation is 1. The van der Waals surface area contributed by atoms with Gasteiger partial charge in [-0.15, -0.1) is 0 Å². The molecule has 0 aliphatic heterocycles. The number of carbonyl (C=O) groups excluding carboxylic acids is 1.